The highest BCUT2D eigenvalue weighted by molar-refractivity contribution is 5.53. The predicted molar refractivity (Wildman–Crippen MR) is 189 cm³/mol. The molecule has 0 amide bonds. The first-order valence-electron chi connectivity index (χ1n) is 15.7. The molecule has 6 aromatic rings. The zero-order valence-electron chi connectivity index (χ0n) is 27.8. The van der Waals surface area contributed by atoms with E-state index in [1.54, 1.807) is 28.4 Å². The highest BCUT2D eigenvalue weighted by atomic mass is 16.5. The Morgan fingerprint density at radius 3 is 0.837 bits per heavy atom. The molecule has 0 fully saturated rings. The fraction of sp³-hybridized carbons (Fsp3) is 0.143. The fourth-order valence-corrected chi connectivity index (χ4v) is 6.03. The Hall–Kier alpha value is -5.76. The molecule has 49 heavy (non-hydrogen) atoms. The molecule has 2 N–H and O–H groups in total. The Balaban J connectivity index is 1.39. The lowest BCUT2D eigenvalue weighted by Crippen LogP contribution is -2.29. The molecule has 0 saturated heterocycles. The molecular weight excluding hydrogens is 616 g/mol. The lowest BCUT2D eigenvalue weighted by molar-refractivity contribution is 0.125. The summed E-state index contributed by atoms with van der Waals surface area (Å²) in [6.45, 7) is 0. The molecule has 0 aliphatic heterocycles. The number of rotatable bonds is 12. The van der Waals surface area contributed by atoms with Crippen LogP contribution in [0.5, 0.6) is 34.5 Å². The molecule has 7 nitrogen and oxygen atoms in total. The third-order valence-corrected chi connectivity index (χ3v) is 8.77. The molecule has 248 valence electrons. The van der Waals surface area contributed by atoms with Crippen molar-refractivity contribution in [1.29, 1.82) is 0 Å². The maximum atomic E-state index is 12.5. The minimum Gasteiger partial charge on any atom is -0.497 e. The molecule has 0 spiro atoms. The molecule has 0 aliphatic carbocycles. The second-order valence-electron chi connectivity index (χ2n) is 11.5. The second kappa shape index (κ2) is 14.2. The Kier molecular flexibility index (Phi) is 9.58. The summed E-state index contributed by atoms with van der Waals surface area (Å²) in [6, 6.07) is 44.1. The van der Waals surface area contributed by atoms with E-state index in [2.05, 4.69) is 0 Å². The SMILES string of the molecule is COc1ccc(C(O)(c2ccc(OC)cc2)c2cccc(Oc3cccc(C(O)(c4ccc(OC)cc4)c4ccc(OC)cc4)c3)c2)cc1. The van der Waals surface area contributed by atoms with Gasteiger partial charge in [0, 0.05) is 0 Å². The van der Waals surface area contributed by atoms with Gasteiger partial charge in [-0.05, 0) is 106 Å². The van der Waals surface area contributed by atoms with E-state index in [4.69, 9.17) is 23.7 Å². The minimum absolute atomic E-state index is 0.507. The van der Waals surface area contributed by atoms with Gasteiger partial charge in [-0.1, -0.05) is 72.8 Å². The number of ether oxygens (including phenoxy) is 5. The zero-order chi connectivity index (χ0) is 34.4. The van der Waals surface area contributed by atoms with Crippen molar-refractivity contribution in [2.45, 2.75) is 11.2 Å². The molecule has 0 atom stereocenters. The first-order valence-corrected chi connectivity index (χ1v) is 15.7. The molecule has 7 heteroatoms. The standard InChI is InChI=1S/C42H38O7/c1-45-35-19-11-29(12-20-35)41(43,30-13-21-36(46-2)22-14-30)33-7-5-9-39(27-33)49-40-10-6-8-34(28-40)42(44,31-15-23-37(47-3)24-16-31)32-17-25-38(48-4)26-18-32/h5-28,43-44H,1-4H3. The van der Waals surface area contributed by atoms with Gasteiger partial charge in [-0.15, -0.1) is 0 Å². The minimum atomic E-state index is -1.53. The molecule has 0 saturated carbocycles. The first-order chi connectivity index (χ1) is 23.8. The van der Waals surface area contributed by atoms with Crippen LogP contribution in [-0.2, 0) is 11.2 Å². The van der Waals surface area contributed by atoms with Crippen LogP contribution in [0.1, 0.15) is 33.4 Å². The van der Waals surface area contributed by atoms with E-state index in [1.807, 2.05) is 146 Å². The monoisotopic (exact) mass is 654 g/mol. The molecule has 0 aliphatic rings. The van der Waals surface area contributed by atoms with Gasteiger partial charge in [-0.2, -0.15) is 0 Å². The van der Waals surface area contributed by atoms with Crippen LogP contribution in [0.4, 0.5) is 0 Å². The topological polar surface area (TPSA) is 86.6 Å². The van der Waals surface area contributed by atoms with Crippen molar-refractivity contribution < 1.29 is 33.9 Å². The maximum absolute atomic E-state index is 12.5. The Morgan fingerprint density at radius 1 is 0.327 bits per heavy atom. The summed E-state index contributed by atoms with van der Waals surface area (Å²) in [5.74, 6) is 3.74. The normalized spacial score (nSPS) is 11.5. The zero-order valence-corrected chi connectivity index (χ0v) is 27.8. The summed E-state index contributed by atoms with van der Waals surface area (Å²) in [5.41, 5.74) is 0.770. The molecule has 0 unspecified atom stereocenters. The summed E-state index contributed by atoms with van der Waals surface area (Å²) >= 11 is 0. The van der Waals surface area contributed by atoms with Gasteiger partial charge >= 0.3 is 0 Å². The van der Waals surface area contributed by atoms with Crippen LogP contribution in [0.25, 0.3) is 0 Å². The van der Waals surface area contributed by atoms with E-state index in [-0.39, 0.29) is 0 Å². The average Bonchev–Trinajstić information content (AvgIpc) is 3.17. The highest BCUT2D eigenvalue weighted by Crippen LogP contribution is 2.42. The van der Waals surface area contributed by atoms with Crippen molar-refractivity contribution in [3.63, 3.8) is 0 Å². The lowest BCUT2D eigenvalue weighted by Gasteiger charge is -2.31. The van der Waals surface area contributed by atoms with Crippen molar-refractivity contribution in [2.24, 2.45) is 0 Å². The van der Waals surface area contributed by atoms with Gasteiger partial charge in [-0.25, -0.2) is 0 Å². The van der Waals surface area contributed by atoms with Crippen LogP contribution >= 0.6 is 0 Å². The Morgan fingerprint density at radius 2 is 0.592 bits per heavy atom. The lowest BCUT2D eigenvalue weighted by atomic mass is 9.80. The number of methoxy groups -OCH3 is 4. The van der Waals surface area contributed by atoms with Crippen molar-refractivity contribution in [2.75, 3.05) is 28.4 Å². The molecule has 0 bridgehead atoms. The maximum Gasteiger partial charge on any atom is 0.140 e. The molecule has 0 heterocycles. The van der Waals surface area contributed by atoms with Gasteiger partial charge in [-0.3, -0.25) is 0 Å². The Bertz CT molecular complexity index is 1740. The summed E-state index contributed by atoms with van der Waals surface area (Å²) < 4.78 is 27.9. The summed E-state index contributed by atoms with van der Waals surface area (Å²) in [6.07, 6.45) is 0. The van der Waals surface area contributed by atoms with Crippen molar-refractivity contribution >= 4 is 0 Å². The third-order valence-electron chi connectivity index (χ3n) is 8.77. The van der Waals surface area contributed by atoms with Crippen LogP contribution < -0.4 is 23.7 Å². The quantitative estimate of drug-likeness (QED) is 0.129. The second-order valence-corrected chi connectivity index (χ2v) is 11.5. The highest BCUT2D eigenvalue weighted by Gasteiger charge is 2.36. The van der Waals surface area contributed by atoms with Gasteiger partial charge in [0.15, 0.2) is 0 Å². The smallest absolute Gasteiger partial charge is 0.140 e. The van der Waals surface area contributed by atoms with Crippen molar-refractivity contribution in [1.82, 2.24) is 0 Å². The van der Waals surface area contributed by atoms with E-state index < -0.39 is 11.2 Å². The van der Waals surface area contributed by atoms with Gasteiger partial charge < -0.3 is 33.9 Å². The van der Waals surface area contributed by atoms with Crippen LogP contribution in [0, 0.1) is 0 Å². The molecule has 6 rings (SSSR count). The van der Waals surface area contributed by atoms with Gasteiger partial charge in [0.05, 0.1) is 28.4 Å². The van der Waals surface area contributed by atoms with Crippen LogP contribution in [0.15, 0.2) is 146 Å². The number of hydrogen-bond acceptors (Lipinski definition) is 7. The van der Waals surface area contributed by atoms with Crippen molar-refractivity contribution in [3.8, 4) is 34.5 Å². The van der Waals surface area contributed by atoms with Crippen LogP contribution in [-0.4, -0.2) is 38.7 Å². The summed E-state index contributed by atoms with van der Waals surface area (Å²) in [4.78, 5) is 0. The fourth-order valence-electron chi connectivity index (χ4n) is 6.03. The first kappa shape index (κ1) is 33.2. The molecule has 6 aromatic carbocycles. The number of aliphatic hydroxyl groups is 2. The van der Waals surface area contributed by atoms with Crippen LogP contribution in [0.3, 0.4) is 0 Å². The molecule has 0 radical (unpaired) electrons. The van der Waals surface area contributed by atoms with E-state index >= 15 is 0 Å². The van der Waals surface area contributed by atoms with Crippen molar-refractivity contribution in [3.05, 3.63) is 179 Å². The van der Waals surface area contributed by atoms with Gasteiger partial charge in [0.2, 0.25) is 0 Å². The van der Waals surface area contributed by atoms with Gasteiger partial charge in [0.1, 0.15) is 45.7 Å². The number of hydrogen-bond donors (Lipinski definition) is 2. The molecule has 0 aromatic heterocycles. The summed E-state index contributed by atoms with van der Waals surface area (Å²) in [7, 11) is 6.43. The third kappa shape index (κ3) is 6.54. The average molecular weight is 655 g/mol. The molecular formula is C42H38O7. The van der Waals surface area contributed by atoms with E-state index in [0.717, 1.165) is 0 Å². The number of benzene rings is 6. The van der Waals surface area contributed by atoms with Crippen LogP contribution in [0.2, 0.25) is 0 Å². The van der Waals surface area contributed by atoms with Gasteiger partial charge in [0.25, 0.3) is 0 Å². The summed E-state index contributed by atoms with van der Waals surface area (Å²) in [5, 5.41) is 25.1. The Labute approximate surface area is 286 Å². The predicted octanol–water partition coefficient (Wildman–Crippen LogP) is 8.08. The van der Waals surface area contributed by atoms with E-state index in [9.17, 15) is 10.2 Å². The van der Waals surface area contributed by atoms with E-state index in [0.29, 0.717) is 67.9 Å². The largest absolute Gasteiger partial charge is 0.497 e. The van der Waals surface area contributed by atoms with E-state index in [1.165, 1.54) is 0 Å².